The average molecular weight is 397 g/mol. The van der Waals surface area contributed by atoms with E-state index in [1.807, 2.05) is 13.1 Å². The highest BCUT2D eigenvalue weighted by molar-refractivity contribution is 14.1. The third-order valence-corrected chi connectivity index (χ3v) is 5.21. The summed E-state index contributed by atoms with van der Waals surface area (Å²) >= 11 is 2.21. The first-order valence-electron chi connectivity index (χ1n) is 7.06. The van der Waals surface area contributed by atoms with Gasteiger partial charge in [-0.25, -0.2) is 4.39 Å². The predicted octanol–water partition coefficient (Wildman–Crippen LogP) is 4.97. The van der Waals surface area contributed by atoms with Crippen molar-refractivity contribution in [2.75, 3.05) is 7.05 Å². The first kappa shape index (κ1) is 16.4. The predicted molar refractivity (Wildman–Crippen MR) is 95.4 cm³/mol. The van der Waals surface area contributed by atoms with E-state index in [-0.39, 0.29) is 11.9 Å². The monoisotopic (exact) mass is 397 g/mol. The molecule has 0 fully saturated rings. The molecule has 1 nitrogen and oxygen atoms in total. The van der Waals surface area contributed by atoms with Crippen LogP contribution < -0.4 is 5.32 Å². The van der Waals surface area contributed by atoms with Crippen LogP contribution in [0.5, 0.6) is 0 Å². The van der Waals surface area contributed by atoms with Gasteiger partial charge in [0.25, 0.3) is 0 Å². The zero-order valence-corrected chi connectivity index (χ0v) is 15.3. The molecule has 0 saturated heterocycles. The summed E-state index contributed by atoms with van der Waals surface area (Å²) in [5, 5.41) is 3.40. The number of rotatable bonds is 3. The van der Waals surface area contributed by atoms with Crippen LogP contribution >= 0.6 is 22.6 Å². The van der Waals surface area contributed by atoms with Gasteiger partial charge in [0.2, 0.25) is 0 Å². The lowest BCUT2D eigenvalue weighted by Gasteiger charge is -2.25. The molecule has 112 valence electrons. The minimum Gasteiger partial charge on any atom is -0.309 e. The normalized spacial score (nSPS) is 12.5. The molecule has 0 aliphatic rings. The summed E-state index contributed by atoms with van der Waals surface area (Å²) in [6.07, 6.45) is 0. The first-order valence-corrected chi connectivity index (χ1v) is 8.14. The molecule has 0 aromatic heterocycles. The Kier molecular flexibility index (Phi) is 5.04. The van der Waals surface area contributed by atoms with Crippen LogP contribution in [-0.4, -0.2) is 7.05 Å². The summed E-state index contributed by atoms with van der Waals surface area (Å²) in [4.78, 5) is 0. The maximum absolute atomic E-state index is 13.4. The van der Waals surface area contributed by atoms with Crippen molar-refractivity contribution in [3.05, 3.63) is 67.0 Å². The second-order valence-corrected chi connectivity index (χ2v) is 6.72. The van der Waals surface area contributed by atoms with Crippen LogP contribution in [0.4, 0.5) is 4.39 Å². The van der Waals surface area contributed by atoms with E-state index in [1.165, 1.54) is 33.9 Å². The molecule has 0 saturated carbocycles. The fourth-order valence-corrected chi connectivity index (χ4v) is 3.66. The van der Waals surface area contributed by atoms with E-state index in [4.69, 9.17) is 0 Å². The highest BCUT2D eigenvalue weighted by Gasteiger charge is 2.21. The summed E-state index contributed by atoms with van der Waals surface area (Å²) in [7, 11) is 1.96. The summed E-state index contributed by atoms with van der Waals surface area (Å²) < 4.78 is 14.3. The molecule has 2 rings (SSSR count). The lowest BCUT2D eigenvalue weighted by molar-refractivity contribution is 0.621. The summed E-state index contributed by atoms with van der Waals surface area (Å²) in [6.45, 7) is 8.62. The Bertz CT molecular complexity index is 653. The number of nitrogens with one attached hydrogen (secondary N) is 1. The standard InChI is InChI=1S/C18H21FIN/c1-10-8-11(2)13(4)17(12(10)3)18(21-5)15-7-6-14(19)9-16(15)20/h6-9,18,21H,1-5H3. The van der Waals surface area contributed by atoms with Gasteiger partial charge in [-0.05, 0) is 103 Å². The Morgan fingerprint density at radius 2 is 1.57 bits per heavy atom. The molecule has 0 aliphatic carbocycles. The maximum Gasteiger partial charge on any atom is 0.124 e. The SMILES string of the molecule is CNC(c1ccc(F)cc1I)c1c(C)c(C)cc(C)c1C. The lowest BCUT2D eigenvalue weighted by Crippen LogP contribution is -2.21. The molecule has 0 amide bonds. The van der Waals surface area contributed by atoms with Crippen LogP contribution in [0.3, 0.4) is 0 Å². The number of aryl methyl sites for hydroxylation is 2. The van der Waals surface area contributed by atoms with Gasteiger partial charge in [-0.15, -0.1) is 0 Å². The molecule has 0 bridgehead atoms. The van der Waals surface area contributed by atoms with Crippen molar-refractivity contribution < 1.29 is 4.39 Å². The Morgan fingerprint density at radius 3 is 2.05 bits per heavy atom. The summed E-state index contributed by atoms with van der Waals surface area (Å²) in [5.41, 5.74) is 7.63. The zero-order chi connectivity index (χ0) is 15.7. The molecule has 2 aromatic carbocycles. The highest BCUT2D eigenvalue weighted by atomic mass is 127. The van der Waals surface area contributed by atoms with Gasteiger partial charge in [-0.2, -0.15) is 0 Å². The van der Waals surface area contributed by atoms with E-state index >= 15 is 0 Å². The molecule has 1 N–H and O–H groups in total. The summed E-state index contributed by atoms with van der Waals surface area (Å²) in [5.74, 6) is -0.188. The van der Waals surface area contributed by atoms with Crippen molar-refractivity contribution in [1.82, 2.24) is 5.32 Å². The van der Waals surface area contributed by atoms with E-state index in [2.05, 4.69) is 61.7 Å². The molecule has 21 heavy (non-hydrogen) atoms. The van der Waals surface area contributed by atoms with Gasteiger partial charge in [0.1, 0.15) is 5.82 Å². The second-order valence-electron chi connectivity index (χ2n) is 5.56. The Balaban J connectivity index is 2.67. The molecular formula is C18H21FIN. The zero-order valence-electron chi connectivity index (χ0n) is 13.1. The van der Waals surface area contributed by atoms with Crippen molar-refractivity contribution in [3.8, 4) is 0 Å². The second kappa shape index (κ2) is 6.44. The number of benzene rings is 2. The molecule has 1 unspecified atom stereocenters. The largest absolute Gasteiger partial charge is 0.309 e. The van der Waals surface area contributed by atoms with Crippen LogP contribution in [0.15, 0.2) is 24.3 Å². The van der Waals surface area contributed by atoms with Gasteiger partial charge < -0.3 is 5.32 Å². The first-order chi connectivity index (χ1) is 9.86. The van der Waals surface area contributed by atoms with Crippen LogP contribution in [-0.2, 0) is 0 Å². The van der Waals surface area contributed by atoms with Crippen molar-refractivity contribution in [1.29, 1.82) is 0 Å². The van der Waals surface area contributed by atoms with Crippen molar-refractivity contribution in [3.63, 3.8) is 0 Å². The third-order valence-electron chi connectivity index (χ3n) is 4.27. The molecule has 2 aromatic rings. The third kappa shape index (κ3) is 3.14. The Hall–Kier alpha value is -0.940. The van der Waals surface area contributed by atoms with Gasteiger partial charge in [0.15, 0.2) is 0 Å². The van der Waals surface area contributed by atoms with Gasteiger partial charge in [0.05, 0.1) is 6.04 Å². The number of halogens is 2. The number of hydrogen-bond donors (Lipinski definition) is 1. The Labute approximate surface area is 140 Å². The molecule has 0 heterocycles. The lowest BCUT2D eigenvalue weighted by atomic mass is 9.87. The topological polar surface area (TPSA) is 12.0 Å². The van der Waals surface area contributed by atoms with E-state index < -0.39 is 0 Å². The Morgan fingerprint density at radius 1 is 1.00 bits per heavy atom. The van der Waals surface area contributed by atoms with Crippen molar-refractivity contribution in [2.24, 2.45) is 0 Å². The molecule has 1 atom stereocenters. The van der Waals surface area contributed by atoms with Crippen molar-refractivity contribution >= 4 is 22.6 Å². The van der Waals surface area contributed by atoms with E-state index in [9.17, 15) is 4.39 Å². The molecular weight excluding hydrogens is 376 g/mol. The minimum absolute atomic E-state index is 0.0797. The van der Waals surface area contributed by atoms with Crippen molar-refractivity contribution in [2.45, 2.75) is 33.7 Å². The number of hydrogen-bond acceptors (Lipinski definition) is 1. The van der Waals surface area contributed by atoms with Gasteiger partial charge in [-0.3, -0.25) is 0 Å². The van der Waals surface area contributed by atoms with Gasteiger partial charge in [-0.1, -0.05) is 12.1 Å². The van der Waals surface area contributed by atoms with Crippen LogP contribution in [0.1, 0.15) is 39.4 Å². The highest BCUT2D eigenvalue weighted by Crippen LogP contribution is 2.33. The van der Waals surface area contributed by atoms with Crippen LogP contribution in [0.2, 0.25) is 0 Å². The maximum atomic E-state index is 13.4. The minimum atomic E-state index is -0.188. The average Bonchev–Trinajstić information content (AvgIpc) is 2.42. The van der Waals surface area contributed by atoms with E-state index in [1.54, 1.807) is 6.07 Å². The van der Waals surface area contributed by atoms with E-state index in [0.717, 1.165) is 9.13 Å². The molecule has 0 spiro atoms. The molecule has 3 heteroatoms. The molecule has 0 radical (unpaired) electrons. The smallest absolute Gasteiger partial charge is 0.124 e. The fraction of sp³-hybridized carbons (Fsp3) is 0.333. The van der Waals surface area contributed by atoms with Crippen LogP contribution in [0, 0.1) is 37.1 Å². The van der Waals surface area contributed by atoms with Gasteiger partial charge >= 0.3 is 0 Å². The summed E-state index contributed by atoms with van der Waals surface area (Å²) in [6, 6.07) is 7.32. The van der Waals surface area contributed by atoms with Crippen LogP contribution in [0.25, 0.3) is 0 Å². The molecule has 0 aliphatic heterocycles. The van der Waals surface area contributed by atoms with Gasteiger partial charge in [0, 0.05) is 3.57 Å². The fourth-order valence-electron chi connectivity index (χ4n) is 2.87. The quantitative estimate of drug-likeness (QED) is 0.721. The van der Waals surface area contributed by atoms with E-state index in [0.29, 0.717) is 0 Å².